The van der Waals surface area contributed by atoms with Gasteiger partial charge in [-0.25, -0.2) is 4.79 Å². The minimum absolute atomic E-state index is 0.0195. The zero-order chi connectivity index (χ0) is 18.2. The normalized spacial score (nSPS) is 15.3. The summed E-state index contributed by atoms with van der Waals surface area (Å²) in [5.41, 5.74) is 1.49. The van der Waals surface area contributed by atoms with Gasteiger partial charge in [0.1, 0.15) is 0 Å². The van der Waals surface area contributed by atoms with E-state index < -0.39 is 0 Å². The van der Waals surface area contributed by atoms with Gasteiger partial charge in [-0.05, 0) is 70.1 Å². The Hall–Kier alpha value is -2.08. The first-order valence-corrected chi connectivity index (χ1v) is 9.08. The fraction of sp³-hybridized carbons (Fsp3) is 0.579. The molecular weight excluding hydrogens is 316 g/mol. The molecular formula is C19H30N4O2. The molecule has 0 saturated carbocycles. The van der Waals surface area contributed by atoms with E-state index in [1.54, 1.807) is 12.1 Å². The van der Waals surface area contributed by atoms with Gasteiger partial charge in [0.2, 0.25) is 5.91 Å². The van der Waals surface area contributed by atoms with E-state index >= 15 is 0 Å². The molecule has 1 saturated heterocycles. The zero-order valence-corrected chi connectivity index (χ0v) is 15.5. The van der Waals surface area contributed by atoms with Crippen LogP contribution < -0.4 is 10.6 Å². The van der Waals surface area contributed by atoms with E-state index in [1.807, 2.05) is 24.0 Å². The molecule has 1 aromatic rings. The third kappa shape index (κ3) is 6.38. The van der Waals surface area contributed by atoms with Gasteiger partial charge in [-0.1, -0.05) is 6.92 Å². The molecule has 6 heteroatoms. The molecule has 0 aliphatic carbocycles. The van der Waals surface area contributed by atoms with Crippen molar-refractivity contribution in [1.82, 2.24) is 9.80 Å². The Morgan fingerprint density at radius 3 is 2.16 bits per heavy atom. The summed E-state index contributed by atoms with van der Waals surface area (Å²) in [5.74, 6) is 0.696. The number of amides is 3. The standard InChI is InChI=1S/C19H30N4O2/c1-4-18(24)20-16-5-7-17(8-6-16)21-19(25)23-13-10-15(11-14-23)9-12-22(2)3/h5-8,15H,4,9-14H2,1-3H3,(H,20,24)(H,21,25). The molecule has 2 rings (SSSR count). The summed E-state index contributed by atoms with van der Waals surface area (Å²) in [7, 11) is 4.20. The molecule has 1 aliphatic heterocycles. The molecule has 1 aromatic carbocycles. The first-order valence-electron chi connectivity index (χ1n) is 9.08. The number of carbonyl (C=O) groups excluding carboxylic acids is 2. The molecule has 6 nitrogen and oxygen atoms in total. The van der Waals surface area contributed by atoms with Crippen LogP contribution in [0.5, 0.6) is 0 Å². The van der Waals surface area contributed by atoms with E-state index in [-0.39, 0.29) is 11.9 Å². The number of nitrogens with one attached hydrogen (secondary N) is 2. The first-order chi connectivity index (χ1) is 12.0. The maximum atomic E-state index is 12.4. The van der Waals surface area contributed by atoms with Crippen LogP contribution in [0.2, 0.25) is 0 Å². The highest BCUT2D eigenvalue weighted by Gasteiger charge is 2.22. The molecule has 2 N–H and O–H groups in total. The highest BCUT2D eigenvalue weighted by Crippen LogP contribution is 2.21. The van der Waals surface area contributed by atoms with Crippen LogP contribution >= 0.6 is 0 Å². The van der Waals surface area contributed by atoms with Crippen LogP contribution in [0, 0.1) is 5.92 Å². The number of nitrogens with zero attached hydrogens (tertiary/aromatic N) is 2. The maximum Gasteiger partial charge on any atom is 0.321 e. The van der Waals surface area contributed by atoms with Crippen molar-refractivity contribution in [3.05, 3.63) is 24.3 Å². The molecule has 3 amide bonds. The lowest BCUT2D eigenvalue weighted by molar-refractivity contribution is -0.115. The van der Waals surface area contributed by atoms with Gasteiger partial charge in [-0.2, -0.15) is 0 Å². The summed E-state index contributed by atoms with van der Waals surface area (Å²) in [6, 6.07) is 7.18. The number of hydrogen-bond acceptors (Lipinski definition) is 3. The number of hydrogen-bond donors (Lipinski definition) is 2. The number of anilines is 2. The van der Waals surface area contributed by atoms with E-state index in [2.05, 4.69) is 29.6 Å². The molecule has 0 spiro atoms. The lowest BCUT2D eigenvalue weighted by atomic mass is 9.93. The van der Waals surface area contributed by atoms with E-state index in [4.69, 9.17) is 0 Å². The number of carbonyl (C=O) groups is 2. The number of urea groups is 1. The van der Waals surface area contributed by atoms with Crippen molar-refractivity contribution in [2.75, 3.05) is 44.4 Å². The average Bonchev–Trinajstić information content (AvgIpc) is 2.61. The van der Waals surface area contributed by atoms with Gasteiger partial charge < -0.3 is 20.4 Å². The van der Waals surface area contributed by atoms with Crippen LogP contribution in [0.25, 0.3) is 0 Å². The Bertz CT molecular complexity index is 563. The van der Waals surface area contributed by atoms with Crippen molar-refractivity contribution >= 4 is 23.3 Å². The molecule has 25 heavy (non-hydrogen) atoms. The van der Waals surface area contributed by atoms with Gasteiger partial charge in [-0.15, -0.1) is 0 Å². The number of rotatable bonds is 6. The smallest absolute Gasteiger partial charge is 0.321 e. The number of likely N-dealkylation sites (tertiary alicyclic amines) is 1. The minimum Gasteiger partial charge on any atom is -0.326 e. The third-order valence-corrected chi connectivity index (χ3v) is 4.63. The van der Waals surface area contributed by atoms with Crippen LogP contribution in [0.3, 0.4) is 0 Å². The first kappa shape index (κ1) is 19.2. The van der Waals surface area contributed by atoms with Crippen molar-refractivity contribution in [2.45, 2.75) is 32.6 Å². The molecule has 1 heterocycles. The Balaban J connectivity index is 1.77. The molecule has 0 aromatic heterocycles. The quantitative estimate of drug-likeness (QED) is 0.831. The fourth-order valence-corrected chi connectivity index (χ4v) is 2.95. The summed E-state index contributed by atoms with van der Waals surface area (Å²) in [6.07, 6.45) is 3.79. The lowest BCUT2D eigenvalue weighted by Gasteiger charge is -2.32. The van der Waals surface area contributed by atoms with E-state index in [9.17, 15) is 9.59 Å². The maximum absolute atomic E-state index is 12.4. The molecule has 0 atom stereocenters. The SMILES string of the molecule is CCC(=O)Nc1ccc(NC(=O)N2CCC(CCN(C)C)CC2)cc1. The monoisotopic (exact) mass is 346 g/mol. The van der Waals surface area contributed by atoms with Crippen molar-refractivity contribution < 1.29 is 9.59 Å². The third-order valence-electron chi connectivity index (χ3n) is 4.63. The summed E-state index contributed by atoms with van der Waals surface area (Å²) in [6.45, 7) is 4.55. The van der Waals surface area contributed by atoms with Gasteiger partial charge in [0.15, 0.2) is 0 Å². The summed E-state index contributed by atoms with van der Waals surface area (Å²) >= 11 is 0. The number of benzene rings is 1. The van der Waals surface area contributed by atoms with Gasteiger partial charge >= 0.3 is 6.03 Å². The Morgan fingerprint density at radius 2 is 1.64 bits per heavy atom. The predicted molar refractivity (Wildman–Crippen MR) is 102 cm³/mol. The Kier molecular flexibility index (Phi) is 7.25. The Labute approximate surface area is 150 Å². The molecule has 1 fully saturated rings. The number of piperidine rings is 1. The van der Waals surface area contributed by atoms with E-state index in [0.717, 1.165) is 43.9 Å². The van der Waals surface area contributed by atoms with E-state index in [1.165, 1.54) is 6.42 Å². The van der Waals surface area contributed by atoms with Crippen molar-refractivity contribution in [3.8, 4) is 0 Å². The minimum atomic E-state index is -0.0450. The molecule has 1 aliphatic rings. The van der Waals surface area contributed by atoms with Crippen LogP contribution in [0.1, 0.15) is 32.6 Å². The van der Waals surface area contributed by atoms with Crippen molar-refractivity contribution in [1.29, 1.82) is 0 Å². The largest absolute Gasteiger partial charge is 0.326 e. The molecule has 138 valence electrons. The van der Waals surface area contributed by atoms with E-state index in [0.29, 0.717) is 12.3 Å². The highest BCUT2D eigenvalue weighted by atomic mass is 16.2. The topological polar surface area (TPSA) is 64.7 Å². The average molecular weight is 346 g/mol. The van der Waals surface area contributed by atoms with Gasteiger partial charge in [0.25, 0.3) is 0 Å². The molecule has 0 unspecified atom stereocenters. The zero-order valence-electron chi connectivity index (χ0n) is 15.5. The van der Waals surface area contributed by atoms with Crippen molar-refractivity contribution in [2.24, 2.45) is 5.92 Å². The second-order valence-corrected chi connectivity index (χ2v) is 6.93. The predicted octanol–water partition coefficient (Wildman–Crippen LogP) is 3.23. The van der Waals surface area contributed by atoms with Crippen molar-refractivity contribution in [3.63, 3.8) is 0 Å². The lowest BCUT2D eigenvalue weighted by Crippen LogP contribution is -2.41. The molecule has 0 radical (unpaired) electrons. The van der Waals surface area contributed by atoms with Crippen LogP contribution in [-0.4, -0.2) is 55.5 Å². The highest BCUT2D eigenvalue weighted by molar-refractivity contribution is 5.92. The summed E-state index contributed by atoms with van der Waals surface area (Å²) in [4.78, 5) is 27.9. The second-order valence-electron chi connectivity index (χ2n) is 6.93. The fourth-order valence-electron chi connectivity index (χ4n) is 2.95. The van der Waals surface area contributed by atoms with Gasteiger partial charge in [-0.3, -0.25) is 4.79 Å². The Morgan fingerprint density at radius 1 is 1.08 bits per heavy atom. The van der Waals surface area contributed by atoms with Crippen LogP contribution in [-0.2, 0) is 4.79 Å². The van der Waals surface area contributed by atoms with Crippen LogP contribution in [0.4, 0.5) is 16.2 Å². The van der Waals surface area contributed by atoms with Gasteiger partial charge in [0, 0.05) is 30.9 Å². The van der Waals surface area contributed by atoms with Gasteiger partial charge in [0.05, 0.1) is 0 Å². The summed E-state index contributed by atoms with van der Waals surface area (Å²) < 4.78 is 0. The second kappa shape index (κ2) is 9.42. The molecule has 0 bridgehead atoms. The van der Waals surface area contributed by atoms with Crippen LogP contribution in [0.15, 0.2) is 24.3 Å². The summed E-state index contributed by atoms with van der Waals surface area (Å²) in [5, 5.41) is 5.73.